The normalized spacial score (nSPS) is 17.3. The lowest BCUT2D eigenvalue weighted by molar-refractivity contribution is -0.116. The van der Waals surface area contributed by atoms with Crippen molar-refractivity contribution < 1.29 is 13.2 Å². The molecule has 1 saturated heterocycles. The van der Waals surface area contributed by atoms with Gasteiger partial charge in [0.25, 0.3) is 0 Å². The zero-order valence-electron chi connectivity index (χ0n) is 14.1. The van der Waals surface area contributed by atoms with Crippen LogP contribution in [0.2, 0.25) is 0 Å². The molecule has 1 N–H and O–H groups in total. The predicted molar refractivity (Wildman–Crippen MR) is 93.6 cm³/mol. The van der Waals surface area contributed by atoms with E-state index < -0.39 is 10.0 Å². The average Bonchev–Trinajstić information content (AvgIpc) is 3.00. The van der Waals surface area contributed by atoms with Gasteiger partial charge in [-0.3, -0.25) is 9.89 Å². The van der Waals surface area contributed by atoms with Crippen LogP contribution in [0.1, 0.15) is 31.2 Å². The fourth-order valence-electron chi connectivity index (χ4n) is 3.27. The first-order chi connectivity index (χ1) is 11.3. The summed E-state index contributed by atoms with van der Waals surface area (Å²) in [5.41, 5.74) is 2.83. The van der Waals surface area contributed by atoms with E-state index >= 15 is 0 Å². The van der Waals surface area contributed by atoms with Crippen LogP contribution in [0.25, 0.3) is 10.9 Å². The highest BCUT2D eigenvalue weighted by atomic mass is 32.2. The fraction of sp³-hybridized carbons (Fsp3) is 0.500. The number of hydrogen-bond acceptors (Lipinski definition) is 4. The molecule has 1 aromatic heterocycles. The minimum absolute atomic E-state index is 0.0355. The summed E-state index contributed by atoms with van der Waals surface area (Å²) >= 11 is 0. The molecule has 0 unspecified atom stereocenters. The highest BCUT2D eigenvalue weighted by Gasteiger charge is 2.27. The number of H-pyrrole nitrogens is 1. The summed E-state index contributed by atoms with van der Waals surface area (Å²) in [6.07, 6.45) is 4.58. The van der Waals surface area contributed by atoms with Crippen molar-refractivity contribution in [2.75, 3.05) is 31.3 Å². The summed E-state index contributed by atoms with van der Waals surface area (Å²) in [4.78, 5) is 13.3. The quantitative estimate of drug-likeness (QED) is 0.912. The van der Waals surface area contributed by atoms with Crippen LogP contribution in [-0.4, -0.2) is 55.2 Å². The van der Waals surface area contributed by atoms with Gasteiger partial charge in [-0.05, 0) is 36.5 Å². The molecule has 1 amide bonds. The standard InChI is InChI=1S/C16H22N4O3S/c1-11(21)19(2)13-8-14(15-10-17-18-16(15)9-13)12-4-6-20(7-5-12)24(3,22)23/h8-10,12H,4-7H2,1-3H3,(H,17,18). The maximum atomic E-state index is 11.7. The average molecular weight is 350 g/mol. The number of aromatic nitrogens is 2. The first-order valence-electron chi connectivity index (χ1n) is 7.94. The van der Waals surface area contributed by atoms with Gasteiger partial charge in [0, 0.05) is 38.1 Å². The Balaban J connectivity index is 1.94. The number of amides is 1. The lowest BCUT2D eigenvalue weighted by atomic mass is 9.88. The summed E-state index contributed by atoms with van der Waals surface area (Å²) in [7, 11) is -1.39. The number of rotatable bonds is 3. The number of sulfonamides is 1. The van der Waals surface area contributed by atoms with Gasteiger partial charge in [0.2, 0.25) is 15.9 Å². The topological polar surface area (TPSA) is 86.4 Å². The van der Waals surface area contributed by atoms with E-state index in [1.54, 1.807) is 18.1 Å². The molecule has 7 nitrogen and oxygen atoms in total. The lowest BCUT2D eigenvalue weighted by Gasteiger charge is -2.31. The summed E-state index contributed by atoms with van der Waals surface area (Å²) in [6.45, 7) is 2.58. The van der Waals surface area contributed by atoms with Gasteiger partial charge in [0.15, 0.2) is 0 Å². The third kappa shape index (κ3) is 3.16. The first-order valence-corrected chi connectivity index (χ1v) is 9.78. The second-order valence-corrected chi connectivity index (χ2v) is 8.36. The van der Waals surface area contributed by atoms with Crippen LogP contribution >= 0.6 is 0 Å². The van der Waals surface area contributed by atoms with Gasteiger partial charge < -0.3 is 4.90 Å². The first kappa shape index (κ1) is 16.9. The van der Waals surface area contributed by atoms with E-state index in [1.165, 1.54) is 17.5 Å². The van der Waals surface area contributed by atoms with Gasteiger partial charge in [-0.1, -0.05) is 0 Å². The Labute approximate surface area is 141 Å². The van der Waals surface area contributed by atoms with Gasteiger partial charge in [-0.15, -0.1) is 0 Å². The molecule has 0 bridgehead atoms. The molecule has 0 aliphatic carbocycles. The van der Waals surface area contributed by atoms with Crippen LogP contribution in [0.3, 0.4) is 0 Å². The largest absolute Gasteiger partial charge is 0.316 e. The van der Waals surface area contributed by atoms with E-state index in [0.29, 0.717) is 13.1 Å². The SMILES string of the molecule is CC(=O)N(C)c1cc(C2CCN(S(C)(=O)=O)CC2)c2cn[nH]c2c1. The predicted octanol–water partition coefficient (Wildman–Crippen LogP) is 1.68. The van der Waals surface area contributed by atoms with Crippen LogP contribution in [0.15, 0.2) is 18.3 Å². The summed E-state index contributed by atoms with van der Waals surface area (Å²) in [6, 6.07) is 3.94. The molecule has 0 spiro atoms. The van der Waals surface area contributed by atoms with Crippen molar-refractivity contribution in [3.8, 4) is 0 Å². The molecular formula is C16H22N4O3S. The van der Waals surface area contributed by atoms with E-state index in [1.807, 2.05) is 12.1 Å². The van der Waals surface area contributed by atoms with Crippen molar-refractivity contribution in [3.05, 3.63) is 23.9 Å². The van der Waals surface area contributed by atoms with E-state index in [9.17, 15) is 13.2 Å². The highest BCUT2D eigenvalue weighted by Crippen LogP contribution is 2.36. The molecule has 1 fully saturated rings. The summed E-state index contributed by atoms with van der Waals surface area (Å²) in [5.74, 6) is 0.218. The molecule has 1 aliphatic heterocycles. The van der Waals surface area contributed by atoms with E-state index in [-0.39, 0.29) is 11.8 Å². The number of carbonyl (C=O) groups excluding carboxylic acids is 1. The molecule has 2 heterocycles. The molecule has 1 aliphatic rings. The Hall–Kier alpha value is -1.93. The number of aromatic amines is 1. The number of anilines is 1. The number of nitrogens with zero attached hydrogens (tertiary/aromatic N) is 3. The lowest BCUT2D eigenvalue weighted by Crippen LogP contribution is -2.37. The Morgan fingerprint density at radius 2 is 2.00 bits per heavy atom. The van der Waals surface area contributed by atoms with Crippen LogP contribution < -0.4 is 4.90 Å². The van der Waals surface area contributed by atoms with Crippen LogP contribution in [0, 0.1) is 0 Å². The molecule has 2 aromatic rings. The smallest absolute Gasteiger partial charge is 0.223 e. The van der Waals surface area contributed by atoms with Crippen LogP contribution in [-0.2, 0) is 14.8 Å². The molecule has 24 heavy (non-hydrogen) atoms. The van der Waals surface area contributed by atoms with Gasteiger partial charge in [-0.2, -0.15) is 5.10 Å². The van der Waals surface area contributed by atoms with Crippen molar-refractivity contribution in [3.63, 3.8) is 0 Å². The van der Waals surface area contributed by atoms with Crippen molar-refractivity contribution in [1.82, 2.24) is 14.5 Å². The van der Waals surface area contributed by atoms with Crippen molar-refractivity contribution >= 4 is 32.5 Å². The van der Waals surface area contributed by atoms with Crippen molar-refractivity contribution in [2.24, 2.45) is 0 Å². The minimum Gasteiger partial charge on any atom is -0.316 e. The van der Waals surface area contributed by atoms with Gasteiger partial charge >= 0.3 is 0 Å². The Kier molecular flexibility index (Phi) is 4.35. The van der Waals surface area contributed by atoms with Gasteiger partial charge in [-0.25, -0.2) is 12.7 Å². The molecule has 1 aromatic carbocycles. The highest BCUT2D eigenvalue weighted by molar-refractivity contribution is 7.88. The maximum absolute atomic E-state index is 11.7. The molecule has 8 heteroatoms. The summed E-state index contributed by atoms with van der Waals surface area (Å²) in [5, 5.41) is 8.13. The molecule has 0 saturated carbocycles. The fourth-order valence-corrected chi connectivity index (χ4v) is 4.15. The number of nitrogens with one attached hydrogen (secondary N) is 1. The number of benzene rings is 1. The van der Waals surface area contributed by atoms with Crippen LogP contribution in [0.5, 0.6) is 0 Å². The molecule has 0 atom stereocenters. The van der Waals surface area contributed by atoms with Crippen LogP contribution in [0.4, 0.5) is 5.69 Å². The Morgan fingerprint density at radius 3 is 2.58 bits per heavy atom. The third-order valence-corrected chi connectivity index (χ3v) is 6.10. The van der Waals surface area contributed by atoms with E-state index in [0.717, 1.165) is 35.0 Å². The zero-order chi connectivity index (χ0) is 17.5. The number of carbonyl (C=O) groups is 1. The summed E-state index contributed by atoms with van der Waals surface area (Å²) < 4.78 is 24.9. The molecule has 130 valence electrons. The number of hydrogen-bond donors (Lipinski definition) is 1. The van der Waals surface area contributed by atoms with Crippen molar-refractivity contribution in [2.45, 2.75) is 25.7 Å². The minimum atomic E-state index is -3.13. The van der Waals surface area contributed by atoms with E-state index in [2.05, 4.69) is 10.2 Å². The second-order valence-electron chi connectivity index (χ2n) is 6.38. The molecule has 0 radical (unpaired) electrons. The van der Waals surface area contributed by atoms with E-state index in [4.69, 9.17) is 0 Å². The van der Waals surface area contributed by atoms with Crippen molar-refractivity contribution in [1.29, 1.82) is 0 Å². The van der Waals surface area contributed by atoms with Gasteiger partial charge in [0.1, 0.15) is 0 Å². The number of fused-ring (bicyclic) bond motifs is 1. The molecular weight excluding hydrogens is 328 g/mol. The second kappa shape index (κ2) is 6.18. The number of piperidine rings is 1. The maximum Gasteiger partial charge on any atom is 0.223 e. The monoisotopic (exact) mass is 350 g/mol. The Morgan fingerprint density at radius 1 is 1.33 bits per heavy atom. The van der Waals surface area contributed by atoms with Gasteiger partial charge in [0.05, 0.1) is 18.0 Å². The third-order valence-electron chi connectivity index (χ3n) is 4.80. The zero-order valence-corrected chi connectivity index (χ0v) is 14.9. The molecule has 3 rings (SSSR count). The Bertz CT molecular complexity index is 867.